The fourth-order valence-corrected chi connectivity index (χ4v) is 4.52. The van der Waals surface area contributed by atoms with E-state index < -0.39 is 0 Å². The van der Waals surface area contributed by atoms with Crippen LogP contribution in [0.1, 0.15) is 11.1 Å². The lowest BCUT2D eigenvalue weighted by molar-refractivity contribution is -1.02. The lowest BCUT2D eigenvalue weighted by atomic mass is 10.1. The summed E-state index contributed by atoms with van der Waals surface area (Å²) < 4.78 is 16.6. The summed E-state index contributed by atoms with van der Waals surface area (Å²) in [5, 5.41) is 2.66. The lowest BCUT2D eigenvalue weighted by Crippen LogP contribution is -3.27. The van der Waals surface area contributed by atoms with Crippen LogP contribution in [-0.2, 0) is 13.1 Å². The van der Waals surface area contributed by atoms with E-state index in [2.05, 4.69) is 54.6 Å². The fourth-order valence-electron chi connectivity index (χ4n) is 4.52. The molecule has 0 amide bonds. The molecule has 2 aliphatic heterocycles. The zero-order chi connectivity index (χ0) is 19.6. The number of quaternary nitrogens is 2. The molecule has 0 aromatic heterocycles. The number of fused-ring (bicyclic) bond motifs is 2. The Morgan fingerprint density at radius 1 is 0.793 bits per heavy atom. The highest BCUT2D eigenvalue weighted by molar-refractivity contribution is 5.82. The van der Waals surface area contributed by atoms with E-state index in [9.17, 15) is 0 Å². The molecule has 1 saturated heterocycles. The maximum absolute atomic E-state index is 5.57. The molecular formula is C24H28N2O3+2. The Morgan fingerprint density at radius 2 is 1.52 bits per heavy atom. The van der Waals surface area contributed by atoms with Gasteiger partial charge in [-0.15, -0.1) is 0 Å². The zero-order valence-corrected chi connectivity index (χ0v) is 16.9. The maximum atomic E-state index is 5.57. The van der Waals surface area contributed by atoms with Gasteiger partial charge < -0.3 is 24.0 Å². The van der Waals surface area contributed by atoms with Gasteiger partial charge >= 0.3 is 0 Å². The predicted octanol–water partition coefficient (Wildman–Crippen LogP) is 1.06. The van der Waals surface area contributed by atoms with Gasteiger partial charge in [-0.25, -0.2) is 0 Å². The van der Waals surface area contributed by atoms with Crippen LogP contribution in [0, 0.1) is 0 Å². The van der Waals surface area contributed by atoms with E-state index in [4.69, 9.17) is 14.2 Å². The molecule has 0 unspecified atom stereocenters. The number of hydrogen-bond donors (Lipinski definition) is 2. The number of methoxy groups -OCH3 is 1. The number of benzene rings is 3. The third-order valence-electron chi connectivity index (χ3n) is 6.10. The smallest absolute Gasteiger partial charge is 0.231 e. The molecule has 5 rings (SSSR count). The third-order valence-corrected chi connectivity index (χ3v) is 6.10. The standard InChI is InChI=1S/C24H26N2O3/c1-27-22-13-19(14-23-24(22)29-17-28-23)16-26-10-8-25(9-11-26)15-18-6-7-20-4-2-3-5-21(20)12-18/h2-7,12-14H,8-11,15-17H2,1H3/p+2. The largest absolute Gasteiger partial charge is 0.493 e. The molecule has 5 heteroatoms. The second-order valence-electron chi connectivity index (χ2n) is 8.07. The highest BCUT2D eigenvalue weighted by Crippen LogP contribution is 2.41. The Kier molecular flexibility index (Phi) is 5.00. The second-order valence-corrected chi connectivity index (χ2v) is 8.07. The van der Waals surface area contributed by atoms with Crippen molar-refractivity contribution in [2.45, 2.75) is 13.1 Å². The van der Waals surface area contributed by atoms with Crippen LogP contribution in [0.15, 0.2) is 54.6 Å². The number of ether oxygens (including phenoxy) is 3. The van der Waals surface area contributed by atoms with Gasteiger partial charge in [0.25, 0.3) is 0 Å². The maximum Gasteiger partial charge on any atom is 0.231 e. The van der Waals surface area contributed by atoms with Crippen LogP contribution >= 0.6 is 0 Å². The van der Waals surface area contributed by atoms with Crippen molar-refractivity contribution in [3.05, 3.63) is 65.7 Å². The van der Waals surface area contributed by atoms with Gasteiger partial charge in [0.15, 0.2) is 11.5 Å². The molecule has 150 valence electrons. The topological polar surface area (TPSA) is 36.6 Å². The first-order chi connectivity index (χ1) is 14.3. The molecular weight excluding hydrogens is 364 g/mol. The van der Waals surface area contributed by atoms with E-state index in [-0.39, 0.29) is 6.79 Å². The zero-order valence-electron chi connectivity index (χ0n) is 16.9. The van der Waals surface area contributed by atoms with E-state index in [1.54, 1.807) is 16.9 Å². The highest BCUT2D eigenvalue weighted by atomic mass is 16.7. The van der Waals surface area contributed by atoms with Crippen molar-refractivity contribution < 1.29 is 24.0 Å². The van der Waals surface area contributed by atoms with Gasteiger partial charge in [0.05, 0.1) is 7.11 Å². The monoisotopic (exact) mass is 392 g/mol. The molecule has 0 spiro atoms. The summed E-state index contributed by atoms with van der Waals surface area (Å²) in [4.78, 5) is 3.29. The molecule has 29 heavy (non-hydrogen) atoms. The Labute approximate surface area is 171 Å². The Bertz CT molecular complexity index is 1010. The lowest BCUT2D eigenvalue weighted by Gasteiger charge is -2.30. The minimum atomic E-state index is 0.277. The quantitative estimate of drug-likeness (QED) is 0.682. The molecule has 0 atom stereocenters. The van der Waals surface area contributed by atoms with Crippen LogP contribution in [0.5, 0.6) is 17.2 Å². The minimum absolute atomic E-state index is 0.277. The average molecular weight is 392 g/mol. The highest BCUT2D eigenvalue weighted by Gasteiger charge is 2.25. The van der Waals surface area contributed by atoms with E-state index in [0.29, 0.717) is 0 Å². The second kappa shape index (κ2) is 7.93. The van der Waals surface area contributed by atoms with Gasteiger partial charge in [-0.1, -0.05) is 36.4 Å². The summed E-state index contributed by atoms with van der Waals surface area (Å²) in [5.41, 5.74) is 2.68. The van der Waals surface area contributed by atoms with Crippen LogP contribution in [-0.4, -0.2) is 40.1 Å². The summed E-state index contributed by atoms with van der Waals surface area (Å²) in [6.07, 6.45) is 0. The molecule has 5 nitrogen and oxygen atoms in total. The summed E-state index contributed by atoms with van der Waals surface area (Å²) in [6.45, 7) is 7.14. The van der Waals surface area contributed by atoms with Crippen molar-refractivity contribution in [3.8, 4) is 17.2 Å². The van der Waals surface area contributed by atoms with Crippen LogP contribution in [0.3, 0.4) is 0 Å². The Balaban J connectivity index is 1.19. The van der Waals surface area contributed by atoms with Crippen molar-refractivity contribution in [1.82, 2.24) is 0 Å². The number of nitrogens with one attached hydrogen (secondary N) is 2. The summed E-state index contributed by atoms with van der Waals surface area (Å²) in [6, 6.07) is 19.7. The Morgan fingerprint density at radius 3 is 2.28 bits per heavy atom. The van der Waals surface area contributed by atoms with E-state index in [0.717, 1.165) is 30.3 Å². The van der Waals surface area contributed by atoms with Gasteiger partial charge in [0.2, 0.25) is 12.5 Å². The Hall–Kier alpha value is -2.76. The molecule has 1 fully saturated rings. The van der Waals surface area contributed by atoms with Gasteiger partial charge in [-0.05, 0) is 29.0 Å². The van der Waals surface area contributed by atoms with Crippen LogP contribution in [0.2, 0.25) is 0 Å². The van der Waals surface area contributed by atoms with Crippen molar-refractivity contribution in [1.29, 1.82) is 0 Å². The van der Waals surface area contributed by atoms with Crippen molar-refractivity contribution in [2.24, 2.45) is 0 Å². The SMILES string of the molecule is COc1cc(C[NH+]2CC[NH+](Cc3ccc4ccccc4c3)CC2)cc2c1OCO2. The van der Waals surface area contributed by atoms with Crippen LogP contribution < -0.4 is 24.0 Å². The molecule has 2 aliphatic rings. The van der Waals surface area contributed by atoms with Gasteiger partial charge in [-0.2, -0.15) is 0 Å². The fraction of sp³-hybridized carbons (Fsp3) is 0.333. The summed E-state index contributed by atoms with van der Waals surface area (Å²) in [7, 11) is 1.68. The van der Waals surface area contributed by atoms with E-state index in [1.807, 2.05) is 0 Å². The minimum Gasteiger partial charge on any atom is -0.493 e. The van der Waals surface area contributed by atoms with Crippen molar-refractivity contribution in [2.75, 3.05) is 40.1 Å². The van der Waals surface area contributed by atoms with Gasteiger partial charge in [-0.3, -0.25) is 0 Å². The van der Waals surface area contributed by atoms with E-state index in [1.165, 1.54) is 48.1 Å². The summed E-state index contributed by atoms with van der Waals surface area (Å²) in [5.74, 6) is 2.31. The first kappa shape index (κ1) is 18.3. The van der Waals surface area contributed by atoms with Crippen molar-refractivity contribution >= 4 is 10.8 Å². The molecule has 0 aliphatic carbocycles. The molecule has 3 aromatic rings. The van der Waals surface area contributed by atoms with E-state index >= 15 is 0 Å². The molecule has 3 aromatic carbocycles. The number of rotatable bonds is 5. The molecule has 0 bridgehead atoms. The third kappa shape index (κ3) is 3.88. The molecule has 2 heterocycles. The first-order valence-corrected chi connectivity index (χ1v) is 10.4. The van der Waals surface area contributed by atoms with Crippen LogP contribution in [0.4, 0.5) is 0 Å². The van der Waals surface area contributed by atoms with Gasteiger partial charge in [0.1, 0.15) is 39.3 Å². The van der Waals surface area contributed by atoms with Crippen LogP contribution in [0.25, 0.3) is 10.8 Å². The number of piperazine rings is 1. The summed E-state index contributed by atoms with van der Waals surface area (Å²) >= 11 is 0. The number of hydrogen-bond acceptors (Lipinski definition) is 3. The van der Waals surface area contributed by atoms with Gasteiger partial charge in [0, 0.05) is 11.1 Å². The first-order valence-electron chi connectivity index (χ1n) is 10.4. The van der Waals surface area contributed by atoms with Crippen molar-refractivity contribution in [3.63, 3.8) is 0 Å². The normalized spacial score (nSPS) is 20.7. The molecule has 0 radical (unpaired) electrons. The molecule has 0 saturated carbocycles. The average Bonchev–Trinajstić information content (AvgIpc) is 3.23. The predicted molar refractivity (Wildman–Crippen MR) is 112 cm³/mol. The molecule has 2 N–H and O–H groups in total.